The lowest BCUT2D eigenvalue weighted by Crippen LogP contribution is -2.37. The van der Waals surface area contributed by atoms with Gasteiger partial charge in [0.25, 0.3) is 5.91 Å². The Labute approximate surface area is 172 Å². The molecular weight excluding hydrogens is 420 g/mol. The third-order valence-electron chi connectivity index (χ3n) is 5.02. The number of rotatable bonds is 4. The van der Waals surface area contributed by atoms with Crippen LogP contribution in [0.15, 0.2) is 35.4 Å². The van der Waals surface area contributed by atoms with Crippen LogP contribution in [0.3, 0.4) is 0 Å². The highest BCUT2D eigenvalue weighted by Crippen LogP contribution is 2.32. The second-order valence-electron chi connectivity index (χ2n) is 7.06. The maximum Gasteiger partial charge on any atom is 0.259 e. The molecule has 2 aromatic rings. The molecule has 0 saturated carbocycles. The van der Waals surface area contributed by atoms with Gasteiger partial charge in [-0.2, -0.15) is 0 Å². The zero-order valence-electron chi connectivity index (χ0n) is 15.5. The lowest BCUT2D eigenvalue weighted by atomic mass is 10.2. The lowest BCUT2D eigenvalue weighted by Gasteiger charge is -2.20. The van der Waals surface area contributed by atoms with Crippen LogP contribution in [0.25, 0.3) is 0 Å². The molecule has 0 aliphatic carbocycles. The van der Waals surface area contributed by atoms with E-state index in [0.717, 1.165) is 0 Å². The summed E-state index contributed by atoms with van der Waals surface area (Å²) in [5.41, 5.74) is 0.522. The molecule has 29 heavy (non-hydrogen) atoms. The van der Waals surface area contributed by atoms with Crippen LogP contribution in [-0.4, -0.2) is 61.7 Å². The van der Waals surface area contributed by atoms with Crippen LogP contribution in [0.2, 0.25) is 5.02 Å². The number of hydrogen-bond acceptors (Lipinski definition) is 7. The number of aliphatic hydroxyl groups excluding tert-OH is 1. The van der Waals surface area contributed by atoms with Crippen LogP contribution in [0, 0.1) is 0 Å². The standard InChI is InChI=1S/C19H19ClN2O6S/c1-27-16-3-2-12(20)5-17(16)29(25,26)10-11-4-15-18(21-7-11)28-9-13-6-14(23)8-22(13)19(15)24/h2-5,7,13-14,23H,6,8-10H2,1H3/t13-,14+/m0/s1. The molecule has 1 saturated heterocycles. The molecule has 4 rings (SSSR count). The fraction of sp³-hybridized carbons (Fsp3) is 0.368. The number of hydrogen-bond donors (Lipinski definition) is 1. The van der Waals surface area contributed by atoms with Crippen molar-refractivity contribution in [1.82, 2.24) is 9.88 Å². The van der Waals surface area contributed by atoms with Gasteiger partial charge in [0.2, 0.25) is 5.88 Å². The molecule has 0 unspecified atom stereocenters. The van der Waals surface area contributed by atoms with E-state index in [1.807, 2.05) is 0 Å². The minimum Gasteiger partial charge on any atom is -0.495 e. The molecule has 3 heterocycles. The second kappa shape index (κ2) is 7.47. The van der Waals surface area contributed by atoms with E-state index in [-0.39, 0.29) is 58.0 Å². The molecule has 0 bridgehead atoms. The number of ether oxygens (including phenoxy) is 2. The number of amides is 1. The third-order valence-corrected chi connectivity index (χ3v) is 6.96. The van der Waals surface area contributed by atoms with E-state index in [0.29, 0.717) is 12.0 Å². The highest BCUT2D eigenvalue weighted by atomic mass is 35.5. The minimum absolute atomic E-state index is 0.0345. The van der Waals surface area contributed by atoms with Gasteiger partial charge in [-0.15, -0.1) is 0 Å². The Balaban J connectivity index is 1.67. The fourth-order valence-electron chi connectivity index (χ4n) is 3.66. The molecular formula is C19H19ClN2O6S. The fourth-order valence-corrected chi connectivity index (χ4v) is 5.42. The Morgan fingerprint density at radius 3 is 2.93 bits per heavy atom. The van der Waals surface area contributed by atoms with E-state index in [2.05, 4.69) is 4.98 Å². The molecule has 1 aromatic heterocycles. The van der Waals surface area contributed by atoms with Gasteiger partial charge in [-0.05, 0) is 36.2 Å². The Hall–Kier alpha value is -2.36. The normalized spacial score (nSPS) is 21.2. The first-order valence-electron chi connectivity index (χ1n) is 8.95. The van der Waals surface area contributed by atoms with Crippen molar-refractivity contribution < 1.29 is 27.8 Å². The molecule has 1 N–H and O–H groups in total. The van der Waals surface area contributed by atoms with Crippen molar-refractivity contribution in [3.63, 3.8) is 0 Å². The van der Waals surface area contributed by atoms with Crippen LogP contribution in [-0.2, 0) is 15.6 Å². The van der Waals surface area contributed by atoms with Crippen molar-refractivity contribution in [2.45, 2.75) is 29.2 Å². The van der Waals surface area contributed by atoms with Gasteiger partial charge < -0.3 is 19.5 Å². The maximum absolute atomic E-state index is 13.0. The molecule has 0 radical (unpaired) electrons. The molecule has 2 aliphatic rings. The van der Waals surface area contributed by atoms with E-state index in [1.54, 1.807) is 11.0 Å². The number of aliphatic hydroxyl groups is 1. The van der Waals surface area contributed by atoms with E-state index in [9.17, 15) is 18.3 Å². The number of carbonyl (C=O) groups excluding carboxylic acids is 1. The van der Waals surface area contributed by atoms with E-state index in [1.165, 1.54) is 31.5 Å². The van der Waals surface area contributed by atoms with Gasteiger partial charge in [0.05, 0.1) is 25.0 Å². The quantitative estimate of drug-likeness (QED) is 0.774. The third kappa shape index (κ3) is 3.77. The molecule has 2 atom stereocenters. The van der Waals surface area contributed by atoms with Crippen molar-refractivity contribution >= 4 is 27.3 Å². The summed E-state index contributed by atoms with van der Waals surface area (Å²) >= 11 is 5.96. The number of sulfone groups is 1. The van der Waals surface area contributed by atoms with Crippen molar-refractivity contribution in [2.75, 3.05) is 20.3 Å². The molecule has 1 fully saturated rings. The van der Waals surface area contributed by atoms with E-state index in [4.69, 9.17) is 21.1 Å². The Morgan fingerprint density at radius 2 is 2.17 bits per heavy atom. The number of benzene rings is 1. The van der Waals surface area contributed by atoms with Crippen molar-refractivity contribution in [2.24, 2.45) is 0 Å². The van der Waals surface area contributed by atoms with Gasteiger partial charge >= 0.3 is 0 Å². The SMILES string of the molecule is COc1ccc(Cl)cc1S(=O)(=O)Cc1cnc2c(c1)C(=O)N1C[C@H](O)C[C@H]1CO2. The van der Waals surface area contributed by atoms with Crippen molar-refractivity contribution in [3.05, 3.63) is 46.6 Å². The maximum atomic E-state index is 13.0. The predicted octanol–water partition coefficient (Wildman–Crippen LogP) is 1.69. The first-order valence-corrected chi connectivity index (χ1v) is 11.0. The summed E-state index contributed by atoms with van der Waals surface area (Å²) in [4.78, 5) is 18.6. The highest BCUT2D eigenvalue weighted by molar-refractivity contribution is 7.90. The highest BCUT2D eigenvalue weighted by Gasteiger charge is 2.39. The van der Waals surface area contributed by atoms with Crippen LogP contribution < -0.4 is 9.47 Å². The molecule has 10 heteroatoms. The van der Waals surface area contributed by atoms with Crippen molar-refractivity contribution in [3.8, 4) is 11.6 Å². The minimum atomic E-state index is -3.81. The molecule has 1 aromatic carbocycles. The summed E-state index contributed by atoms with van der Waals surface area (Å²) in [6, 6.07) is 5.61. The van der Waals surface area contributed by atoms with Crippen LogP contribution in [0.1, 0.15) is 22.3 Å². The van der Waals surface area contributed by atoms with E-state index < -0.39 is 15.9 Å². The van der Waals surface area contributed by atoms with Crippen LogP contribution in [0.4, 0.5) is 0 Å². The molecule has 0 spiro atoms. The summed E-state index contributed by atoms with van der Waals surface area (Å²) in [5, 5.41) is 10.1. The summed E-state index contributed by atoms with van der Waals surface area (Å²) in [6.07, 6.45) is 1.22. The van der Waals surface area contributed by atoms with Crippen molar-refractivity contribution in [1.29, 1.82) is 0 Å². The molecule has 2 aliphatic heterocycles. The topological polar surface area (TPSA) is 106 Å². The van der Waals surface area contributed by atoms with Gasteiger partial charge in [0.15, 0.2) is 9.84 Å². The molecule has 8 nitrogen and oxygen atoms in total. The monoisotopic (exact) mass is 438 g/mol. The van der Waals surface area contributed by atoms with E-state index >= 15 is 0 Å². The van der Waals surface area contributed by atoms with Crippen LogP contribution in [0.5, 0.6) is 11.6 Å². The average molecular weight is 439 g/mol. The van der Waals surface area contributed by atoms with Gasteiger partial charge in [-0.25, -0.2) is 13.4 Å². The smallest absolute Gasteiger partial charge is 0.259 e. The number of methoxy groups -OCH3 is 1. The first-order chi connectivity index (χ1) is 13.8. The van der Waals surface area contributed by atoms with Crippen LogP contribution >= 0.6 is 11.6 Å². The number of aromatic nitrogens is 1. The Morgan fingerprint density at radius 1 is 1.38 bits per heavy atom. The van der Waals surface area contributed by atoms with Gasteiger partial charge in [-0.3, -0.25) is 4.79 Å². The zero-order chi connectivity index (χ0) is 20.8. The largest absolute Gasteiger partial charge is 0.495 e. The number of nitrogens with zero attached hydrogens (tertiary/aromatic N) is 2. The molecule has 154 valence electrons. The van der Waals surface area contributed by atoms with Gasteiger partial charge in [0, 0.05) is 17.8 Å². The summed E-state index contributed by atoms with van der Waals surface area (Å²) in [5.74, 6) is -0.361. The predicted molar refractivity (Wildman–Crippen MR) is 104 cm³/mol. The number of pyridine rings is 1. The lowest BCUT2D eigenvalue weighted by molar-refractivity contribution is 0.0709. The number of carbonyl (C=O) groups is 1. The van der Waals surface area contributed by atoms with Gasteiger partial charge in [0.1, 0.15) is 22.8 Å². The first kappa shape index (κ1) is 19.9. The average Bonchev–Trinajstić information content (AvgIpc) is 3.01. The van der Waals surface area contributed by atoms with Gasteiger partial charge in [-0.1, -0.05) is 11.6 Å². The summed E-state index contributed by atoms with van der Waals surface area (Å²) in [7, 11) is -2.44. The number of halogens is 1. The second-order valence-corrected chi connectivity index (χ2v) is 9.46. The zero-order valence-corrected chi connectivity index (χ0v) is 17.1. The summed E-state index contributed by atoms with van der Waals surface area (Å²) in [6.45, 7) is 0.453. The number of fused-ring (bicyclic) bond motifs is 2. The summed E-state index contributed by atoms with van der Waals surface area (Å²) < 4.78 is 36.7. The Kier molecular flexibility index (Phi) is 5.14. The Bertz CT molecular complexity index is 1070. The molecule has 1 amide bonds.